The quantitative estimate of drug-likeness (QED) is 0.117. The van der Waals surface area contributed by atoms with Crippen LogP contribution in [0.3, 0.4) is 0 Å². The van der Waals surface area contributed by atoms with Gasteiger partial charge in [0.05, 0.1) is 41.5 Å². The van der Waals surface area contributed by atoms with E-state index in [2.05, 4.69) is 5.32 Å². The fourth-order valence-electron chi connectivity index (χ4n) is 5.26. The summed E-state index contributed by atoms with van der Waals surface area (Å²) >= 11 is 0. The van der Waals surface area contributed by atoms with E-state index < -0.39 is 58.1 Å². The number of halogens is 1. The number of carbonyl (C=O) groups is 2. The predicted molar refractivity (Wildman–Crippen MR) is 126 cm³/mol. The van der Waals surface area contributed by atoms with Crippen molar-refractivity contribution in [1.29, 1.82) is 0 Å². The van der Waals surface area contributed by atoms with Gasteiger partial charge in [0, 0.05) is 18.9 Å². The Morgan fingerprint density at radius 1 is 1.16 bits per heavy atom. The van der Waals surface area contributed by atoms with Crippen molar-refractivity contribution < 1.29 is 65.2 Å². The minimum Gasteiger partial charge on any atom is -1.00 e. The highest BCUT2D eigenvalue weighted by Gasteiger charge is 2.58. The Labute approximate surface area is 220 Å². The molecular formula is C22H34ClN3O10S. The zero-order valence-corrected chi connectivity index (χ0v) is 22.0. The number of likely N-dealkylation sites (tertiary alicyclic amines) is 1. The van der Waals surface area contributed by atoms with Gasteiger partial charge >= 0.3 is 5.97 Å². The molecule has 13 nitrogen and oxygen atoms in total. The van der Waals surface area contributed by atoms with Crippen molar-refractivity contribution in [1.82, 2.24) is 5.32 Å². The van der Waals surface area contributed by atoms with Crippen LogP contribution in [0.5, 0.6) is 5.75 Å². The topological polar surface area (TPSA) is 217 Å². The maximum atomic E-state index is 12.9. The summed E-state index contributed by atoms with van der Waals surface area (Å²) in [7, 11) is -3.75. The number of aliphatic hydroxyl groups is 3. The molecule has 8 N–H and O–H groups in total. The molecule has 2 heterocycles. The van der Waals surface area contributed by atoms with E-state index >= 15 is 0 Å². The summed E-state index contributed by atoms with van der Waals surface area (Å²) in [6.45, 7) is 4.08. The second kappa shape index (κ2) is 11.7. The molecule has 7 atom stereocenters. The summed E-state index contributed by atoms with van der Waals surface area (Å²) in [6.07, 6.45) is -6.82. The number of nitrogen functional groups attached to an aromatic ring is 1. The molecule has 0 saturated carbocycles. The van der Waals surface area contributed by atoms with E-state index in [-0.39, 0.29) is 51.4 Å². The molecule has 2 aliphatic rings. The van der Waals surface area contributed by atoms with E-state index in [0.29, 0.717) is 25.9 Å². The number of amides is 1. The molecule has 15 heteroatoms. The van der Waals surface area contributed by atoms with Crippen LogP contribution in [0.1, 0.15) is 37.0 Å². The molecule has 0 spiro atoms. The summed E-state index contributed by atoms with van der Waals surface area (Å²) in [4.78, 5) is 24.2. The number of aliphatic carboxylic acids is 1. The lowest BCUT2D eigenvalue weighted by Gasteiger charge is -2.50. The van der Waals surface area contributed by atoms with Crippen molar-refractivity contribution in [2.24, 2.45) is 0 Å². The SMILES string of the molecule is CC[N+]1(C2OC(C(=O)O)C(O)C(O)C2O)CCCC1CNC(=O)c1cc(S(=O)(=O)CC)c(N)cc1O.[Cl-]. The molecule has 1 aromatic rings. The molecule has 7 unspecified atom stereocenters. The monoisotopic (exact) mass is 567 g/mol. The molecule has 1 aromatic carbocycles. The lowest BCUT2D eigenvalue weighted by atomic mass is 9.95. The third kappa shape index (κ3) is 5.65. The normalized spacial score (nSPS) is 31.9. The molecular weight excluding hydrogens is 534 g/mol. The van der Waals surface area contributed by atoms with Gasteiger partial charge in [0.15, 0.2) is 22.0 Å². The van der Waals surface area contributed by atoms with Gasteiger partial charge in [0.2, 0.25) is 6.23 Å². The van der Waals surface area contributed by atoms with Crippen LogP contribution in [0, 0.1) is 0 Å². The van der Waals surface area contributed by atoms with Crippen LogP contribution in [0.4, 0.5) is 5.69 Å². The molecule has 210 valence electrons. The number of sulfone groups is 1. The van der Waals surface area contributed by atoms with Gasteiger partial charge in [-0.3, -0.25) is 9.28 Å². The summed E-state index contributed by atoms with van der Waals surface area (Å²) in [6, 6.07) is 1.66. The molecule has 2 fully saturated rings. The largest absolute Gasteiger partial charge is 1.00 e. The average molecular weight is 568 g/mol. The van der Waals surface area contributed by atoms with Crippen molar-refractivity contribution in [3.8, 4) is 5.75 Å². The zero-order chi connectivity index (χ0) is 27.0. The van der Waals surface area contributed by atoms with Gasteiger partial charge in [-0.05, 0) is 13.0 Å². The van der Waals surface area contributed by atoms with Crippen LogP contribution >= 0.6 is 0 Å². The van der Waals surface area contributed by atoms with E-state index in [1.54, 1.807) is 6.92 Å². The number of nitrogens with zero attached hydrogens (tertiary/aromatic N) is 1. The number of phenols is 1. The molecule has 0 radical (unpaired) electrons. The van der Waals surface area contributed by atoms with E-state index in [9.17, 15) is 43.5 Å². The molecule has 1 amide bonds. The minimum atomic E-state index is -3.75. The Hall–Kier alpha value is -2.20. The van der Waals surface area contributed by atoms with Crippen LogP contribution in [0.25, 0.3) is 0 Å². The van der Waals surface area contributed by atoms with Crippen LogP contribution in [0.2, 0.25) is 0 Å². The van der Waals surface area contributed by atoms with Crippen LogP contribution in [-0.2, 0) is 19.4 Å². The number of hydrogen-bond acceptors (Lipinski definition) is 10. The number of benzene rings is 1. The number of aromatic hydroxyl groups is 1. The van der Waals surface area contributed by atoms with Crippen molar-refractivity contribution in [2.45, 2.75) is 68.3 Å². The van der Waals surface area contributed by atoms with Crippen molar-refractivity contribution >= 4 is 27.4 Å². The third-order valence-electron chi connectivity index (χ3n) is 7.35. The zero-order valence-electron chi connectivity index (χ0n) is 20.4. The fourth-order valence-corrected chi connectivity index (χ4v) is 6.29. The fraction of sp³-hybridized carbons (Fsp3) is 0.636. The summed E-state index contributed by atoms with van der Waals surface area (Å²) in [5, 5.41) is 53.4. The smallest absolute Gasteiger partial charge is 0.335 e. The molecule has 3 rings (SSSR count). The first-order chi connectivity index (χ1) is 16.8. The first-order valence-corrected chi connectivity index (χ1v) is 13.4. The number of hydrogen-bond donors (Lipinski definition) is 7. The maximum Gasteiger partial charge on any atom is 0.335 e. The van der Waals surface area contributed by atoms with E-state index in [4.69, 9.17) is 10.5 Å². The molecule has 0 aliphatic carbocycles. The van der Waals surface area contributed by atoms with Crippen molar-refractivity contribution in [3.63, 3.8) is 0 Å². The van der Waals surface area contributed by atoms with Gasteiger partial charge in [0.1, 0.15) is 24.0 Å². The Kier molecular flexibility index (Phi) is 9.79. The molecule has 37 heavy (non-hydrogen) atoms. The summed E-state index contributed by atoms with van der Waals surface area (Å²) in [5.74, 6) is -2.96. The number of rotatable bonds is 8. The Bertz CT molecular complexity index is 1120. The van der Waals surface area contributed by atoms with Gasteiger partial charge in [-0.2, -0.15) is 0 Å². The highest BCUT2D eigenvalue weighted by molar-refractivity contribution is 7.91. The molecule has 2 saturated heterocycles. The van der Waals surface area contributed by atoms with Gasteiger partial charge in [0.25, 0.3) is 5.91 Å². The molecule has 0 bridgehead atoms. The summed E-state index contributed by atoms with van der Waals surface area (Å²) in [5.41, 5.74) is 5.28. The second-order valence-corrected chi connectivity index (χ2v) is 11.5. The minimum absolute atomic E-state index is 0. The van der Waals surface area contributed by atoms with Crippen molar-refractivity contribution in [2.75, 3.05) is 31.1 Å². The maximum absolute atomic E-state index is 12.9. The highest BCUT2D eigenvalue weighted by Crippen LogP contribution is 2.37. The first-order valence-electron chi connectivity index (χ1n) is 11.7. The van der Waals surface area contributed by atoms with E-state index in [1.807, 2.05) is 0 Å². The van der Waals surface area contributed by atoms with Crippen LogP contribution in [-0.4, -0.2) is 112 Å². The summed E-state index contributed by atoms with van der Waals surface area (Å²) < 4.78 is 30.3. The lowest BCUT2D eigenvalue weighted by molar-refractivity contribution is -0.985. The van der Waals surface area contributed by atoms with Gasteiger partial charge in [-0.25, -0.2) is 13.2 Å². The number of carboxylic acid groups (broad SMARTS) is 1. The number of aliphatic hydroxyl groups excluding tert-OH is 3. The number of ether oxygens (including phenoxy) is 1. The molecule has 2 aliphatic heterocycles. The lowest BCUT2D eigenvalue weighted by Crippen LogP contribution is -3.00. The van der Waals surface area contributed by atoms with Gasteiger partial charge in [-0.1, -0.05) is 6.92 Å². The number of anilines is 1. The number of phenolic OH excluding ortho intramolecular Hbond substituents is 1. The average Bonchev–Trinajstić information content (AvgIpc) is 3.24. The Morgan fingerprint density at radius 2 is 1.81 bits per heavy atom. The number of likely N-dealkylation sites (N-methyl/N-ethyl adjacent to an activating group) is 1. The highest BCUT2D eigenvalue weighted by atomic mass is 35.5. The van der Waals surface area contributed by atoms with E-state index in [0.717, 1.165) is 12.1 Å². The number of nitrogens with two attached hydrogens (primary N) is 1. The molecule has 0 aromatic heterocycles. The van der Waals surface area contributed by atoms with E-state index in [1.165, 1.54) is 6.92 Å². The Morgan fingerprint density at radius 3 is 2.38 bits per heavy atom. The standard InChI is InChI=1S/C22H33N3O10S.ClH/c1-3-25(21-18(29)16(27)17(28)19(35-21)22(31)32)7-5-6-11(25)10-24-20(30)12-8-15(36(33,34)4-2)13(23)9-14(12)26;/h8-9,11,16-19,21,27-29H,3-7,10H2,1-2H3,(H4-,23,24,26,30,31,32);1H. The number of quaternary nitrogens is 1. The van der Waals surface area contributed by atoms with Gasteiger partial charge < -0.3 is 53.7 Å². The van der Waals surface area contributed by atoms with Gasteiger partial charge in [-0.15, -0.1) is 0 Å². The second-order valence-electron chi connectivity index (χ2n) is 9.22. The predicted octanol–water partition coefficient (Wildman–Crippen LogP) is -4.61. The van der Waals surface area contributed by atoms with Crippen LogP contribution in [0.15, 0.2) is 17.0 Å². The number of carboxylic acids is 1. The van der Waals surface area contributed by atoms with Crippen LogP contribution < -0.4 is 23.5 Å². The number of carbonyl (C=O) groups excluding carboxylic acids is 1. The van der Waals surface area contributed by atoms with Crippen molar-refractivity contribution in [3.05, 3.63) is 17.7 Å². The first kappa shape index (κ1) is 31.0. The Balaban J connectivity index is 0.00000481. The number of nitrogens with one attached hydrogen (secondary N) is 1. The third-order valence-corrected chi connectivity index (χ3v) is 9.14.